The van der Waals surface area contributed by atoms with Gasteiger partial charge < -0.3 is 4.52 Å². The van der Waals surface area contributed by atoms with Crippen LogP contribution in [0.4, 0.5) is 5.88 Å². The van der Waals surface area contributed by atoms with Gasteiger partial charge in [-0.1, -0.05) is 22.9 Å². The van der Waals surface area contributed by atoms with E-state index in [-0.39, 0.29) is 5.91 Å². The van der Waals surface area contributed by atoms with Gasteiger partial charge in [0.1, 0.15) is 5.69 Å². The number of aryl methyl sites for hydroxylation is 1. The molecule has 0 saturated carbocycles. The summed E-state index contributed by atoms with van der Waals surface area (Å²) in [5, 5.41) is 6.60. The number of pyridine rings is 1. The van der Waals surface area contributed by atoms with Crippen molar-refractivity contribution < 1.29 is 9.32 Å². The quantitative estimate of drug-likeness (QED) is 0.798. The Bertz CT molecular complexity index is 749. The molecule has 3 aromatic rings. The highest BCUT2D eigenvalue weighted by Gasteiger charge is 2.11. The van der Waals surface area contributed by atoms with Crippen molar-refractivity contribution >= 4 is 11.8 Å². The number of amides is 1. The molecule has 0 aliphatic carbocycles. The fourth-order valence-electron chi connectivity index (χ4n) is 1.87. The molecule has 5 nitrogen and oxygen atoms in total. The summed E-state index contributed by atoms with van der Waals surface area (Å²) in [6.45, 7) is 1.97. The molecule has 0 aliphatic heterocycles. The molecule has 0 atom stereocenters. The van der Waals surface area contributed by atoms with Crippen LogP contribution in [0.3, 0.4) is 0 Å². The number of hydrogen-bond acceptors (Lipinski definition) is 4. The van der Waals surface area contributed by atoms with Crippen LogP contribution in [-0.2, 0) is 0 Å². The Balaban J connectivity index is 1.75. The number of nitrogens with zero attached hydrogens (tertiary/aromatic N) is 2. The third-order valence-electron chi connectivity index (χ3n) is 3.02. The number of nitrogens with one attached hydrogen (secondary N) is 1. The Hall–Kier alpha value is -2.95. The van der Waals surface area contributed by atoms with Gasteiger partial charge in [0.15, 0.2) is 0 Å². The first-order valence-electron chi connectivity index (χ1n) is 6.47. The van der Waals surface area contributed by atoms with Gasteiger partial charge in [-0.3, -0.25) is 15.1 Å². The smallest absolute Gasteiger partial charge is 0.258 e. The molecule has 3 rings (SSSR count). The molecule has 5 heteroatoms. The van der Waals surface area contributed by atoms with E-state index in [4.69, 9.17) is 4.52 Å². The van der Waals surface area contributed by atoms with Gasteiger partial charge in [-0.15, -0.1) is 0 Å². The van der Waals surface area contributed by atoms with Gasteiger partial charge in [-0.2, -0.15) is 0 Å². The maximum atomic E-state index is 12.1. The lowest BCUT2D eigenvalue weighted by Gasteiger charge is -2.01. The zero-order valence-corrected chi connectivity index (χ0v) is 11.4. The molecule has 0 radical (unpaired) electrons. The summed E-state index contributed by atoms with van der Waals surface area (Å²) in [5.74, 6) is 0.0725. The van der Waals surface area contributed by atoms with Crippen LogP contribution < -0.4 is 5.32 Å². The Morgan fingerprint density at radius 1 is 1.19 bits per heavy atom. The fourth-order valence-corrected chi connectivity index (χ4v) is 1.87. The number of aromatic nitrogens is 2. The second-order valence-corrected chi connectivity index (χ2v) is 4.64. The van der Waals surface area contributed by atoms with Crippen molar-refractivity contribution in [2.75, 3.05) is 5.32 Å². The first kappa shape index (κ1) is 13.1. The summed E-state index contributed by atoms with van der Waals surface area (Å²) in [7, 11) is 0. The standard InChI is InChI=1S/C16H13N3O2/c1-11-4-6-12(7-5-11)16(20)18-15-9-14(19-21-15)13-3-2-8-17-10-13/h2-10H,1H3,(H,18,20). The van der Waals surface area contributed by atoms with Crippen molar-refractivity contribution in [1.82, 2.24) is 10.1 Å². The van der Waals surface area contributed by atoms with Gasteiger partial charge in [-0.25, -0.2) is 0 Å². The molecule has 21 heavy (non-hydrogen) atoms. The SMILES string of the molecule is Cc1ccc(C(=O)Nc2cc(-c3cccnc3)no2)cc1. The normalized spacial score (nSPS) is 10.3. The second kappa shape index (κ2) is 5.58. The topological polar surface area (TPSA) is 68.0 Å². The number of hydrogen-bond donors (Lipinski definition) is 1. The first-order chi connectivity index (χ1) is 10.2. The van der Waals surface area contributed by atoms with Crippen molar-refractivity contribution in [3.05, 3.63) is 66.0 Å². The van der Waals surface area contributed by atoms with Gasteiger partial charge in [0.05, 0.1) is 0 Å². The third kappa shape index (κ3) is 2.97. The van der Waals surface area contributed by atoms with Crippen molar-refractivity contribution in [1.29, 1.82) is 0 Å². The Morgan fingerprint density at radius 2 is 2.00 bits per heavy atom. The summed E-state index contributed by atoms with van der Waals surface area (Å²) in [6.07, 6.45) is 3.37. The van der Waals surface area contributed by atoms with Crippen molar-refractivity contribution in [2.45, 2.75) is 6.92 Å². The van der Waals surface area contributed by atoms with E-state index in [0.29, 0.717) is 17.1 Å². The molecule has 0 unspecified atom stereocenters. The molecule has 1 N–H and O–H groups in total. The van der Waals surface area contributed by atoms with Crippen molar-refractivity contribution in [3.8, 4) is 11.3 Å². The van der Waals surface area contributed by atoms with Crippen LogP contribution in [0.15, 0.2) is 59.4 Å². The molecule has 1 amide bonds. The molecule has 0 fully saturated rings. The molecule has 1 aromatic carbocycles. The third-order valence-corrected chi connectivity index (χ3v) is 3.02. The average Bonchev–Trinajstić information content (AvgIpc) is 2.97. The highest BCUT2D eigenvalue weighted by Crippen LogP contribution is 2.21. The minimum atomic E-state index is -0.233. The van der Waals surface area contributed by atoms with Crippen LogP contribution in [0.1, 0.15) is 15.9 Å². The number of anilines is 1. The predicted molar refractivity (Wildman–Crippen MR) is 78.9 cm³/mol. The number of carbonyl (C=O) groups excluding carboxylic acids is 1. The first-order valence-corrected chi connectivity index (χ1v) is 6.47. The average molecular weight is 279 g/mol. The fraction of sp³-hybridized carbons (Fsp3) is 0.0625. The van der Waals surface area contributed by atoms with Crippen LogP contribution >= 0.6 is 0 Å². The van der Waals surface area contributed by atoms with E-state index in [2.05, 4.69) is 15.5 Å². The van der Waals surface area contributed by atoms with Gasteiger partial charge in [-0.05, 0) is 31.2 Å². The molecule has 0 spiro atoms. The number of rotatable bonds is 3. The second-order valence-electron chi connectivity index (χ2n) is 4.64. The number of carbonyl (C=O) groups is 1. The summed E-state index contributed by atoms with van der Waals surface area (Å²) >= 11 is 0. The van der Waals surface area contributed by atoms with Gasteiger partial charge >= 0.3 is 0 Å². The lowest BCUT2D eigenvalue weighted by Crippen LogP contribution is -2.11. The zero-order chi connectivity index (χ0) is 14.7. The van der Waals surface area contributed by atoms with E-state index in [0.717, 1.165) is 11.1 Å². The van der Waals surface area contributed by atoms with Crippen LogP contribution in [-0.4, -0.2) is 16.0 Å². The van der Waals surface area contributed by atoms with Gasteiger partial charge in [0.2, 0.25) is 5.88 Å². The van der Waals surface area contributed by atoms with Gasteiger partial charge in [0.25, 0.3) is 5.91 Å². The Morgan fingerprint density at radius 3 is 2.71 bits per heavy atom. The van der Waals surface area contributed by atoms with E-state index in [1.807, 2.05) is 31.2 Å². The molecular formula is C16H13N3O2. The number of benzene rings is 1. The van der Waals surface area contributed by atoms with Crippen LogP contribution in [0, 0.1) is 6.92 Å². The van der Waals surface area contributed by atoms with E-state index in [9.17, 15) is 4.79 Å². The molecule has 104 valence electrons. The summed E-state index contributed by atoms with van der Waals surface area (Å²) < 4.78 is 5.13. The highest BCUT2D eigenvalue weighted by molar-refractivity contribution is 6.03. The Kier molecular flexibility index (Phi) is 3.47. The summed E-state index contributed by atoms with van der Waals surface area (Å²) in [4.78, 5) is 16.1. The summed E-state index contributed by atoms with van der Waals surface area (Å²) in [6, 6.07) is 12.7. The molecule has 0 saturated heterocycles. The predicted octanol–water partition coefficient (Wildman–Crippen LogP) is 3.30. The molecule has 2 heterocycles. The lowest BCUT2D eigenvalue weighted by atomic mass is 10.1. The molecule has 0 bridgehead atoms. The van der Waals surface area contributed by atoms with E-state index in [1.54, 1.807) is 30.6 Å². The lowest BCUT2D eigenvalue weighted by molar-refractivity contribution is 0.102. The van der Waals surface area contributed by atoms with Crippen LogP contribution in [0.25, 0.3) is 11.3 Å². The highest BCUT2D eigenvalue weighted by atomic mass is 16.5. The molecule has 2 aromatic heterocycles. The van der Waals surface area contributed by atoms with Crippen molar-refractivity contribution in [3.63, 3.8) is 0 Å². The maximum absolute atomic E-state index is 12.1. The minimum Gasteiger partial charge on any atom is -0.338 e. The van der Waals surface area contributed by atoms with Crippen LogP contribution in [0.2, 0.25) is 0 Å². The van der Waals surface area contributed by atoms with Crippen LogP contribution in [0.5, 0.6) is 0 Å². The van der Waals surface area contributed by atoms with Gasteiger partial charge in [0, 0.05) is 29.6 Å². The van der Waals surface area contributed by atoms with E-state index < -0.39 is 0 Å². The minimum absolute atomic E-state index is 0.233. The largest absolute Gasteiger partial charge is 0.338 e. The van der Waals surface area contributed by atoms with E-state index in [1.165, 1.54) is 0 Å². The van der Waals surface area contributed by atoms with E-state index >= 15 is 0 Å². The maximum Gasteiger partial charge on any atom is 0.258 e. The molecular weight excluding hydrogens is 266 g/mol. The monoisotopic (exact) mass is 279 g/mol. The zero-order valence-electron chi connectivity index (χ0n) is 11.4. The summed E-state index contributed by atoms with van der Waals surface area (Å²) in [5.41, 5.74) is 3.13. The van der Waals surface area contributed by atoms with Crippen molar-refractivity contribution in [2.24, 2.45) is 0 Å². The Labute approximate surface area is 121 Å². The molecule has 0 aliphatic rings.